The molecule has 1 aromatic rings. The highest BCUT2D eigenvalue weighted by molar-refractivity contribution is 9.10. The minimum absolute atomic E-state index is 0.0499. The number of nitrogens with zero attached hydrogens (tertiary/aromatic N) is 2. The largest absolute Gasteiger partial charge is 0.339 e. The van der Waals surface area contributed by atoms with Crippen molar-refractivity contribution in [3.8, 4) is 6.07 Å². The zero-order valence-corrected chi connectivity index (χ0v) is 11.0. The minimum Gasteiger partial charge on any atom is -0.339 e. The van der Waals surface area contributed by atoms with Gasteiger partial charge >= 0.3 is 0 Å². The zero-order valence-electron chi connectivity index (χ0n) is 9.40. The van der Waals surface area contributed by atoms with Crippen LogP contribution in [-0.4, -0.2) is 23.9 Å². The maximum Gasteiger partial charge on any atom is 0.254 e. The number of hydrogen-bond acceptors (Lipinski definition) is 2. The van der Waals surface area contributed by atoms with Crippen LogP contribution in [0.25, 0.3) is 0 Å². The van der Waals surface area contributed by atoms with E-state index in [0.29, 0.717) is 18.7 Å². The molecule has 4 heteroatoms. The van der Waals surface area contributed by atoms with Gasteiger partial charge in [0.1, 0.15) is 0 Å². The van der Waals surface area contributed by atoms with Crippen LogP contribution in [0.2, 0.25) is 0 Å². The van der Waals surface area contributed by atoms with E-state index in [1.165, 1.54) is 0 Å². The summed E-state index contributed by atoms with van der Waals surface area (Å²) in [5, 5.41) is 8.82. The molecule has 2 rings (SSSR count). The summed E-state index contributed by atoms with van der Waals surface area (Å²) in [5.74, 6) is 0.159. The molecule has 1 aliphatic heterocycles. The third-order valence-corrected chi connectivity index (χ3v) is 3.76. The first-order valence-electron chi connectivity index (χ1n) is 5.66. The maximum atomic E-state index is 12.2. The van der Waals surface area contributed by atoms with Crippen molar-refractivity contribution in [2.24, 2.45) is 5.92 Å². The first kappa shape index (κ1) is 12.1. The first-order valence-corrected chi connectivity index (χ1v) is 6.45. The predicted molar refractivity (Wildman–Crippen MR) is 68.4 cm³/mol. The molecular weight excluding hydrogens is 280 g/mol. The molecule has 0 N–H and O–H groups in total. The van der Waals surface area contributed by atoms with Crippen LogP contribution >= 0.6 is 15.9 Å². The van der Waals surface area contributed by atoms with Crippen molar-refractivity contribution >= 4 is 21.8 Å². The van der Waals surface area contributed by atoms with Crippen LogP contribution in [0.3, 0.4) is 0 Å². The molecule has 17 heavy (non-hydrogen) atoms. The molecule has 1 amide bonds. The van der Waals surface area contributed by atoms with Crippen molar-refractivity contribution in [2.45, 2.75) is 12.8 Å². The predicted octanol–water partition coefficient (Wildman–Crippen LogP) is 2.82. The molecule has 1 heterocycles. The van der Waals surface area contributed by atoms with Gasteiger partial charge in [-0.3, -0.25) is 4.79 Å². The average molecular weight is 293 g/mol. The quantitative estimate of drug-likeness (QED) is 0.799. The molecule has 0 bridgehead atoms. The summed E-state index contributed by atoms with van der Waals surface area (Å²) >= 11 is 3.39. The number of amides is 1. The van der Waals surface area contributed by atoms with Crippen LogP contribution in [0, 0.1) is 17.2 Å². The molecule has 88 valence electrons. The van der Waals surface area contributed by atoms with Gasteiger partial charge in [0.15, 0.2) is 0 Å². The van der Waals surface area contributed by atoms with Crippen molar-refractivity contribution in [1.82, 2.24) is 4.90 Å². The van der Waals surface area contributed by atoms with Crippen LogP contribution in [0.1, 0.15) is 23.2 Å². The van der Waals surface area contributed by atoms with Crippen molar-refractivity contribution in [1.29, 1.82) is 5.26 Å². The Morgan fingerprint density at radius 3 is 2.59 bits per heavy atom. The van der Waals surface area contributed by atoms with E-state index < -0.39 is 0 Å². The van der Waals surface area contributed by atoms with E-state index in [1.807, 2.05) is 29.2 Å². The summed E-state index contributed by atoms with van der Waals surface area (Å²) in [7, 11) is 0. The number of hydrogen-bond donors (Lipinski definition) is 0. The Morgan fingerprint density at radius 2 is 2.00 bits per heavy atom. The van der Waals surface area contributed by atoms with Gasteiger partial charge in [0.2, 0.25) is 0 Å². The lowest BCUT2D eigenvalue weighted by molar-refractivity contribution is 0.0706. The van der Waals surface area contributed by atoms with Crippen LogP contribution in [-0.2, 0) is 0 Å². The topological polar surface area (TPSA) is 44.1 Å². The molecule has 1 saturated heterocycles. The molecule has 3 nitrogen and oxygen atoms in total. The molecule has 0 saturated carbocycles. The molecule has 1 aliphatic rings. The lowest BCUT2D eigenvalue weighted by atomic mass is 9.98. The van der Waals surface area contributed by atoms with Gasteiger partial charge < -0.3 is 4.90 Å². The Labute approximate surface area is 109 Å². The summed E-state index contributed by atoms with van der Waals surface area (Å²) in [6.07, 6.45) is 1.57. The van der Waals surface area contributed by atoms with Gasteiger partial charge in [-0.05, 0) is 40.9 Å². The maximum absolute atomic E-state index is 12.2. The Hall–Kier alpha value is -1.34. The monoisotopic (exact) mass is 292 g/mol. The average Bonchev–Trinajstić information content (AvgIpc) is 2.39. The minimum atomic E-state index is 0.0499. The van der Waals surface area contributed by atoms with E-state index in [-0.39, 0.29) is 11.8 Å². The molecule has 1 fully saturated rings. The summed E-state index contributed by atoms with van der Waals surface area (Å²) in [6.45, 7) is 1.36. The first-order chi connectivity index (χ1) is 8.22. The van der Waals surface area contributed by atoms with E-state index in [0.717, 1.165) is 17.3 Å². The Kier molecular flexibility index (Phi) is 3.80. The second kappa shape index (κ2) is 5.33. The molecule has 0 atom stereocenters. The van der Waals surface area contributed by atoms with Crippen molar-refractivity contribution < 1.29 is 4.79 Å². The van der Waals surface area contributed by atoms with Crippen molar-refractivity contribution in [3.63, 3.8) is 0 Å². The fourth-order valence-electron chi connectivity index (χ4n) is 2.02. The molecule has 0 unspecified atom stereocenters. The van der Waals surface area contributed by atoms with Gasteiger partial charge in [-0.2, -0.15) is 5.26 Å². The standard InChI is InChI=1S/C13H13BrN2O/c14-12-4-2-1-3-11(12)13(17)16-7-5-10(9-15)6-8-16/h1-4,10H,5-8H2. The lowest BCUT2D eigenvalue weighted by Gasteiger charge is -2.29. The van der Waals surface area contributed by atoms with E-state index in [4.69, 9.17) is 5.26 Å². The van der Waals surface area contributed by atoms with E-state index in [9.17, 15) is 4.79 Å². The highest BCUT2D eigenvalue weighted by Crippen LogP contribution is 2.22. The highest BCUT2D eigenvalue weighted by atomic mass is 79.9. The Balaban J connectivity index is 2.08. The number of halogens is 1. The van der Waals surface area contributed by atoms with Gasteiger partial charge in [0.25, 0.3) is 5.91 Å². The van der Waals surface area contributed by atoms with E-state index in [1.54, 1.807) is 0 Å². The van der Waals surface area contributed by atoms with Gasteiger partial charge in [0.05, 0.1) is 11.6 Å². The van der Waals surface area contributed by atoms with E-state index in [2.05, 4.69) is 22.0 Å². The number of carbonyl (C=O) groups is 1. The summed E-state index contributed by atoms with van der Waals surface area (Å²) in [6, 6.07) is 9.71. The van der Waals surface area contributed by atoms with Gasteiger partial charge in [-0.15, -0.1) is 0 Å². The molecule has 0 spiro atoms. The van der Waals surface area contributed by atoms with E-state index >= 15 is 0 Å². The molecule has 0 aliphatic carbocycles. The third kappa shape index (κ3) is 2.67. The lowest BCUT2D eigenvalue weighted by Crippen LogP contribution is -2.38. The fraction of sp³-hybridized carbons (Fsp3) is 0.385. The molecular formula is C13H13BrN2O. The van der Waals surface area contributed by atoms with Gasteiger partial charge in [-0.1, -0.05) is 12.1 Å². The Morgan fingerprint density at radius 1 is 1.35 bits per heavy atom. The fourth-order valence-corrected chi connectivity index (χ4v) is 2.47. The number of likely N-dealkylation sites (tertiary alicyclic amines) is 1. The van der Waals surface area contributed by atoms with Crippen LogP contribution in [0.4, 0.5) is 0 Å². The second-order valence-corrected chi connectivity index (χ2v) is 5.03. The molecule has 1 aromatic carbocycles. The summed E-state index contributed by atoms with van der Waals surface area (Å²) in [5.41, 5.74) is 0.697. The number of nitriles is 1. The van der Waals surface area contributed by atoms with Crippen LogP contribution in [0.15, 0.2) is 28.7 Å². The molecule has 0 radical (unpaired) electrons. The number of benzene rings is 1. The number of rotatable bonds is 1. The van der Waals surface area contributed by atoms with Crippen LogP contribution in [0.5, 0.6) is 0 Å². The smallest absolute Gasteiger partial charge is 0.254 e. The molecule has 0 aromatic heterocycles. The third-order valence-electron chi connectivity index (χ3n) is 3.07. The second-order valence-electron chi connectivity index (χ2n) is 4.18. The van der Waals surface area contributed by atoms with Gasteiger partial charge in [-0.25, -0.2) is 0 Å². The SMILES string of the molecule is N#CC1CCN(C(=O)c2ccccc2Br)CC1. The highest BCUT2D eigenvalue weighted by Gasteiger charge is 2.24. The van der Waals surface area contributed by atoms with Crippen molar-refractivity contribution in [2.75, 3.05) is 13.1 Å². The Bertz CT molecular complexity index is 459. The van der Waals surface area contributed by atoms with Gasteiger partial charge in [0, 0.05) is 23.5 Å². The summed E-state index contributed by atoms with van der Waals surface area (Å²) in [4.78, 5) is 14.1. The zero-order chi connectivity index (χ0) is 12.3. The number of carbonyl (C=O) groups excluding carboxylic acids is 1. The normalized spacial score (nSPS) is 16.6. The van der Waals surface area contributed by atoms with Crippen molar-refractivity contribution in [3.05, 3.63) is 34.3 Å². The number of piperidine rings is 1. The summed E-state index contributed by atoms with van der Waals surface area (Å²) < 4.78 is 0.826. The van der Waals surface area contributed by atoms with Crippen LogP contribution < -0.4 is 0 Å².